The molecule has 2 aromatic heterocycles. The minimum atomic E-state index is -4.89. The average molecular weight is 1210 g/mol. The molecule has 1 aliphatic heterocycles. The zero-order valence-electron chi connectivity index (χ0n) is 37.2. The predicted octanol–water partition coefficient (Wildman–Crippen LogP) is 11.7. The number of sulfonamides is 2. The number of nitrogens with zero attached hydrogens (tertiary/aromatic N) is 4. The summed E-state index contributed by atoms with van der Waals surface area (Å²) in [6.45, 7) is -1.09. The highest BCUT2D eigenvalue weighted by atomic mass is 79.9. The lowest BCUT2D eigenvalue weighted by Gasteiger charge is -2.27. The van der Waals surface area contributed by atoms with E-state index in [0.717, 1.165) is 28.6 Å². The van der Waals surface area contributed by atoms with Crippen LogP contribution in [-0.2, 0) is 51.3 Å². The molecule has 0 aliphatic carbocycles. The summed E-state index contributed by atoms with van der Waals surface area (Å²) in [5.74, 6) is -1.13. The highest BCUT2D eigenvalue weighted by Gasteiger charge is 2.40. The number of halogens is 11. The van der Waals surface area contributed by atoms with Crippen LogP contribution in [0.5, 0.6) is 0 Å². The third kappa shape index (κ3) is 13.6. The summed E-state index contributed by atoms with van der Waals surface area (Å²) >= 11 is 26.2. The van der Waals surface area contributed by atoms with Crippen molar-refractivity contribution >= 4 is 112 Å². The summed E-state index contributed by atoms with van der Waals surface area (Å²) in [6, 6.07) is 20.0. The zero-order valence-corrected chi connectivity index (χ0v) is 43.5. The predicted molar refractivity (Wildman–Crippen MR) is 259 cm³/mol. The molecule has 7 rings (SSSR count). The molecule has 3 heterocycles. The van der Waals surface area contributed by atoms with E-state index < -0.39 is 94.9 Å². The van der Waals surface area contributed by atoms with Gasteiger partial charge in [0.1, 0.15) is 23.8 Å². The molecular formula is C45H33BrCl4F6N4O11S2. The highest BCUT2D eigenvalue weighted by Crippen LogP contribution is 2.43. The smallest absolute Gasteiger partial charge is 0.417 e. The molecule has 0 N–H and O–H groups in total. The van der Waals surface area contributed by atoms with Gasteiger partial charge in [-0.25, -0.2) is 40.0 Å². The van der Waals surface area contributed by atoms with Crippen LogP contribution in [0.1, 0.15) is 59.6 Å². The number of benzene rings is 4. The Balaban J connectivity index is 0.000000227. The average Bonchev–Trinajstić information content (AvgIpc) is 3.68. The summed E-state index contributed by atoms with van der Waals surface area (Å²) in [6.07, 6.45) is -7.65. The molecule has 4 aromatic carbocycles. The number of anilines is 2. The second-order valence-electron chi connectivity index (χ2n) is 14.4. The number of carbonyl (C=O) groups is 3. The number of rotatable bonds is 13. The molecule has 0 radical (unpaired) electrons. The Morgan fingerprint density at radius 3 is 1.70 bits per heavy atom. The van der Waals surface area contributed by atoms with Crippen LogP contribution in [0.15, 0.2) is 124 Å². The third-order valence-electron chi connectivity index (χ3n) is 9.77. The molecule has 0 bridgehead atoms. The van der Waals surface area contributed by atoms with E-state index in [1.54, 1.807) is 48.5 Å². The Labute approximate surface area is 440 Å². The van der Waals surface area contributed by atoms with E-state index >= 15 is 0 Å². The van der Waals surface area contributed by atoms with E-state index in [4.69, 9.17) is 60.6 Å². The van der Waals surface area contributed by atoms with Gasteiger partial charge in [0, 0.05) is 37.7 Å². The SMILES string of the molecule is COC(=O)c1ccccc1C=O.COCN(c1cc(Cl)cnc1Br)S(=O)(=O)c1ccc(Cl)c(C(F)(F)F)c1.COCN(c1cc(Cl)cnc1C1OC(=O)c2ccccc21)S(=O)(=O)c1ccc(Cl)c(C(F)(F)F)c1. The number of alkyl halides is 6. The van der Waals surface area contributed by atoms with Gasteiger partial charge < -0.3 is 18.9 Å². The second-order valence-corrected chi connectivity index (χ2v) is 20.6. The minimum Gasteiger partial charge on any atom is -0.465 e. The van der Waals surface area contributed by atoms with E-state index in [2.05, 4.69) is 30.6 Å². The standard InChI is InChI=1S/C22H15Cl2F3N2O5S.C14H10BrCl2F3N2O3S.C9H8O3/c1-33-11-29(35(31,32)13-6-7-17(24)16(9-13)22(25,26)27)18-8-12(23)10-28-19(18)20-14-4-2-3-5-15(14)21(30)34-20;1-25-7-22(12-4-8(16)6-21-13(12)15)26(23,24)9-2-3-11(17)10(5-9)14(18,19)20;1-12-9(11)8-5-3-2-4-7(8)6-10/h2-10,20H,11H2,1H3;2-6H,7H2,1H3;2-6H,1H3. The maximum absolute atomic E-state index is 13.6. The number of fused-ring (bicyclic) bond motifs is 1. The second kappa shape index (κ2) is 24.2. The zero-order chi connectivity index (χ0) is 54.2. The normalized spacial score (nSPS) is 13.3. The summed E-state index contributed by atoms with van der Waals surface area (Å²) < 4.78 is 154. The van der Waals surface area contributed by atoms with Crippen LogP contribution >= 0.6 is 62.3 Å². The van der Waals surface area contributed by atoms with E-state index in [1.165, 1.54) is 45.9 Å². The first kappa shape index (κ1) is 58.3. The Morgan fingerprint density at radius 2 is 1.19 bits per heavy atom. The Bertz CT molecular complexity index is 3270. The van der Waals surface area contributed by atoms with E-state index in [0.29, 0.717) is 39.4 Å². The van der Waals surface area contributed by atoms with Crippen LogP contribution in [-0.4, -0.2) is 79.8 Å². The van der Waals surface area contributed by atoms with Crippen molar-refractivity contribution in [3.8, 4) is 0 Å². The van der Waals surface area contributed by atoms with Gasteiger partial charge in [-0.3, -0.25) is 9.78 Å². The largest absolute Gasteiger partial charge is 0.465 e. The van der Waals surface area contributed by atoms with Crippen LogP contribution in [0.2, 0.25) is 20.1 Å². The van der Waals surface area contributed by atoms with Crippen LogP contribution in [0.3, 0.4) is 0 Å². The van der Waals surface area contributed by atoms with E-state index in [-0.39, 0.29) is 37.3 Å². The number of esters is 2. The van der Waals surface area contributed by atoms with Gasteiger partial charge in [0.2, 0.25) is 0 Å². The van der Waals surface area contributed by atoms with Gasteiger partial charge in [-0.05, 0) is 76.6 Å². The van der Waals surface area contributed by atoms with E-state index in [9.17, 15) is 57.6 Å². The van der Waals surface area contributed by atoms with Crippen molar-refractivity contribution in [2.75, 3.05) is 43.4 Å². The van der Waals surface area contributed by atoms with Crippen LogP contribution in [0.4, 0.5) is 37.7 Å². The summed E-state index contributed by atoms with van der Waals surface area (Å²) in [4.78, 5) is 40.6. The van der Waals surface area contributed by atoms with Crippen molar-refractivity contribution < 1.29 is 76.5 Å². The molecule has 15 nitrogen and oxygen atoms in total. The summed E-state index contributed by atoms with van der Waals surface area (Å²) in [5, 5.41) is -1.11. The Kier molecular flexibility index (Phi) is 19.3. The number of methoxy groups -OCH3 is 3. The molecule has 73 heavy (non-hydrogen) atoms. The Morgan fingerprint density at radius 1 is 0.712 bits per heavy atom. The van der Waals surface area contributed by atoms with Crippen LogP contribution in [0, 0.1) is 0 Å². The van der Waals surface area contributed by atoms with Crippen molar-refractivity contribution in [1.82, 2.24) is 9.97 Å². The molecule has 1 aliphatic rings. The highest BCUT2D eigenvalue weighted by molar-refractivity contribution is 9.10. The third-order valence-corrected chi connectivity index (χ3v) is 14.9. The summed E-state index contributed by atoms with van der Waals surface area (Å²) in [5.41, 5.74) is -1.36. The van der Waals surface area contributed by atoms with Crippen molar-refractivity contribution in [1.29, 1.82) is 0 Å². The lowest BCUT2D eigenvalue weighted by molar-refractivity contribution is -0.138. The number of aromatic nitrogens is 2. The Hall–Kier alpha value is -5.57. The summed E-state index contributed by atoms with van der Waals surface area (Å²) in [7, 11) is -5.38. The molecule has 1 unspecified atom stereocenters. The first-order chi connectivity index (χ1) is 34.2. The number of aldehydes is 1. The number of cyclic esters (lactones) is 1. The van der Waals surface area contributed by atoms with Gasteiger partial charge in [-0.15, -0.1) is 0 Å². The van der Waals surface area contributed by atoms with Crippen molar-refractivity contribution in [3.05, 3.63) is 173 Å². The first-order valence-corrected chi connectivity index (χ1v) is 25.1. The molecular weight excluding hydrogens is 1170 g/mol. The molecule has 0 amide bonds. The topological polar surface area (TPSA) is 189 Å². The molecule has 388 valence electrons. The molecule has 0 saturated carbocycles. The maximum atomic E-state index is 13.6. The first-order valence-electron chi connectivity index (χ1n) is 19.9. The molecule has 1 atom stereocenters. The maximum Gasteiger partial charge on any atom is 0.417 e. The molecule has 0 saturated heterocycles. The quantitative estimate of drug-likeness (QED) is 0.0349. The van der Waals surface area contributed by atoms with Crippen molar-refractivity contribution in [3.63, 3.8) is 0 Å². The molecule has 0 spiro atoms. The van der Waals surface area contributed by atoms with Gasteiger partial charge in [0.05, 0.1) is 70.6 Å². The van der Waals surface area contributed by atoms with E-state index in [1.807, 2.05) is 0 Å². The number of hydrogen-bond acceptors (Lipinski definition) is 13. The molecule has 0 fully saturated rings. The van der Waals surface area contributed by atoms with Gasteiger partial charge in [-0.2, -0.15) is 26.3 Å². The van der Waals surface area contributed by atoms with Crippen molar-refractivity contribution in [2.45, 2.75) is 28.2 Å². The minimum absolute atomic E-state index is 0.00154. The number of hydrogen-bond donors (Lipinski definition) is 0. The monoisotopic (exact) mass is 1200 g/mol. The number of ether oxygens (including phenoxy) is 4. The lowest BCUT2D eigenvalue weighted by Crippen LogP contribution is -2.34. The van der Waals surface area contributed by atoms with Crippen LogP contribution < -0.4 is 8.61 Å². The molecule has 6 aromatic rings. The van der Waals surface area contributed by atoms with Gasteiger partial charge in [0.25, 0.3) is 20.0 Å². The fourth-order valence-electron chi connectivity index (χ4n) is 6.46. The van der Waals surface area contributed by atoms with Crippen molar-refractivity contribution in [2.24, 2.45) is 0 Å². The van der Waals surface area contributed by atoms with Crippen LogP contribution in [0.25, 0.3) is 0 Å². The fraction of sp³-hybridized carbons (Fsp3) is 0.178. The number of carbonyl (C=O) groups excluding carboxylic acids is 3. The van der Waals surface area contributed by atoms with Gasteiger partial charge in [0.15, 0.2) is 12.4 Å². The number of pyridine rings is 2. The van der Waals surface area contributed by atoms with Gasteiger partial charge in [-0.1, -0.05) is 82.8 Å². The van der Waals surface area contributed by atoms with Gasteiger partial charge >= 0.3 is 24.3 Å². The lowest BCUT2D eigenvalue weighted by atomic mass is 10.0. The molecule has 28 heteroatoms. The fourth-order valence-corrected chi connectivity index (χ4v) is 10.6.